The van der Waals surface area contributed by atoms with Crippen LogP contribution in [-0.2, 0) is 4.79 Å². The average molecular weight is 254 g/mol. The van der Waals surface area contributed by atoms with Gasteiger partial charge in [-0.15, -0.1) is 0 Å². The fraction of sp³-hybridized carbons (Fsp3) is 0.455. The monoisotopic (exact) mass is 254 g/mol. The molecule has 18 heavy (non-hydrogen) atoms. The summed E-state index contributed by atoms with van der Waals surface area (Å²) in [7, 11) is 0. The second-order valence-corrected chi connectivity index (χ2v) is 4.15. The van der Waals surface area contributed by atoms with E-state index in [0.29, 0.717) is 5.69 Å². The van der Waals surface area contributed by atoms with Crippen molar-refractivity contribution < 1.29 is 19.6 Å². The Morgan fingerprint density at radius 2 is 2.11 bits per heavy atom. The summed E-state index contributed by atoms with van der Waals surface area (Å²) in [6, 6.07) is 2.89. The van der Waals surface area contributed by atoms with Gasteiger partial charge < -0.3 is 20.0 Å². The van der Waals surface area contributed by atoms with E-state index < -0.39 is 22.8 Å². The summed E-state index contributed by atoms with van der Waals surface area (Å²) in [4.78, 5) is 24.8. The van der Waals surface area contributed by atoms with E-state index >= 15 is 0 Å². The molecular weight excluding hydrogens is 240 g/mol. The maximum absolute atomic E-state index is 11.0. The van der Waals surface area contributed by atoms with Crippen molar-refractivity contribution in [1.82, 2.24) is 4.98 Å². The predicted octanol–water partition coefficient (Wildman–Crippen LogP) is 1.79. The number of carboxylic acid groups (broad SMARTS) is 1. The fourth-order valence-electron chi connectivity index (χ4n) is 1.36. The Bertz CT molecular complexity index is 473. The number of hydrogen-bond donors (Lipinski definition) is 1. The van der Waals surface area contributed by atoms with Crippen LogP contribution in [0, 0.1) is 23.0 Å². The Balaban J connectivity index is 3.10. The second-order valence-electron chi connectivity index (χ2n) is 4.15. The van der Waals surface area contributed by atoms with Crippen LogP contribution < -0.4 is 4.74 Å². The molecule has 0 aliphatic heterocycles. The van der Waals surface area contributed by atoms with Crippen molar-refractivity contribution in [1.29, 1.82) is 0 Å². The number of nitrogens with zero attached hydrogens (tertiary/aromatic N) is 2. The van der Waals surface area contributed by atoms with Crippen LogP contribution in [0.1, 0.15) is 19.5 Å². The zero-order chi connectivity index (χ0) is 13.9. The lowest BCUT2D eigenvalue weighted by Gasteiger charge is -2.17. The van der Waals surface area contributed by atoms with E-state index in [2.05, 4.69) is 4.98 Å². The van der Waals surface area contributed by atoms with Crippen LogP contribution in [0.3, 0.4) is 0 Å². The van der Waals surface area contributed by atoms with Crippen molar-refractivity contribution in [3.8, 4) is 5.75 Å². The highest BCUT2D eigenvalue weighted by molar-refractivity contribution is 5.73. The highest BCUT2D eigenvalue weighted by Gasteiger charge is 2.27. The lowest BCUT2D eigenvalue weighted by Crippen LogP contribution is -2.32. The van der Waals surface area contributed by atoms with E-state index in [0.717, 1.165) is 0 Å². The third kappa shape index (κ3) is 3.16. The van der Waals surface area contributed by atoms with Gasteiger partial charge >= 0.3 is 11.8 Å². The summed E-state index contributed by atoms with van der Waals surface area (Å²) in [5.74, 6) is -2.09. The summed E-state index contributed by atoms with van der Waals surface area (Å²) in [5, 5.41) is 19.8. The number of nitro groups is 1. The van der Waals surface area contributed by atoms with Gasteiger partial charge in [-0.05, 0) is 22.0 Å². The van der Waals surface area contributed by atoms with Gasteiger partial charge in [0, 0.05) is 12.8 Å². The average Bonchev–Trinajstić information content (AvgIpc) is 2.25. The van der Waals surface area contributed by atoms with E-state index in [1.165, 1.54) is 12.1 Å². The predicted molar refractivity (Wildman–Crippen MR) is 62.5 cm³/mol. The normalized spacial score (nSPS) is 12.2. The van der Waals surface area contributed by atoms with Gasteiger partial charge in [0.2, 0.25) is 5.75 Å². The molecule has 0 aliphatic rings. The summed E-state index contributed by atoms with van der Waals surface area (Å²) < 4.78 is 5.18. The molecule has 1 rings (SSSR count). The molecule has 0 amide bonds. The van der Waals surface area contributed by atoms with Crippen molar-refractivity contribution >= 4 is 11.8 Å². The smallest absolute Gasteiger partial charge is 0.406 e. The zero-order valence-corrected chi connectivity index (χ0v) is 10.3. The van der Waals surface area contributed by atoms with Crippen LogP contribution in [0.2, 0.25) is 0 Å². The second kappa shape index (κ2) is 5.44. The molecule has 0 bridgehead atoms. The number of aryl methyl sites for hydroxylation is 1. The largest absolute Gasteiger partial charge is 0.478 e. The summed E-state index contributed by atoms with van der Waals surface area (Å²) in [5.41, 5.74) is 0.463. The van der Waals surface area contributed by atoms with Crippen molar-refractivity contribution in [2.24, 2.45) is 5.92 Å². The minimum Gasteiger partial charge on any atom is -0.478 e. The van der Waals surface area contributed by atoms with E-state index in [1.54, 1.807) is 20.8 Å². The van der Waals surface area contributed by atoms with Gasteiger partial charge in [0.05, 0.1) is 0 Å². The number of hydrogen-bond acceptors (Lipinski definition) is 5. The van der Waals surface area contributed by atoms with Gasteiger partial charge in [-0.2, -0.15) is 0 Å². The molecule has 0 aromatic carbocycles. The van der Waals surface area contributed by atoms with Crippen molar-refractivity contribution in [2.45, 2.75) is 26.9 Å². The van der Waals surface area contributed by atoms with Crippen molar-refractivity contribution in [2.75, 3.05) is 0 Å². The van der Waals surface area contributed by atoms with Crippen LogP contribution >= 0.6 is 0 Å². The summed E-state index contributed by atoms with van der Waals surface area (Å²) in [6.45, 7) is 4.92. The summed E-state index contributed by atoms with van der Waals surface area (Å²) >= 11 is 0. The number of pyridine rings is 1. The molecule has 0 spiro atoms. The van der Waals surface area contributed by atoms with E-state index in [-0.39, 0.29) is 11.7 Å². The van der Waals surface area contributed by atoms with Gasteiger partial charge in [-0.25, -0.2) is 4.79 Å². The molecule has 1 aromatic heterocycles. The van der Waals surface area contributed by atoms with Gasteiger partial charge in [0.15, 0.2) is 6.10 Å². The lowest BCUT2D eigenvalue weighted by molar-refractivity contribution is -0.390. The highest BCUT2D eigenvalue weighted by Crippen LogP contribution is 2.26. The van der Waals surface area contributed by atoms with Crippen molar-refractivity contribution in [3.63, 3.8) is 0 Å². The molecule has 0 saturated heterocycles. The Hall–Kier alpha value is -2.18. The topological polar surface area (TPSA) is 103 Å². The van der Waals surface area contributed by atoms with E-state index in [9.17, 15) is 14.9 Å². The van der Waals surface area contributed by atoms with E-state index in [1.807, 2.05) is 0 Å². The molecule has 1 N–H and O–H groups in total. The molecule has 1 atom stereocenters. The molecule has 1 heterocycles. The number of aliphatic carboxylic acids is 1. The van der Waals surface area contributed by atoms with Crippen LogP contribution in [0.25, 0.3) is 0 Å². The number of aromatic nitrogens is 1. The Labute approximate surface area is 104 Å². The standard InChI is InChI=1S/C11H14N2O5/c1-6(2)9(11(14)15)18-8-5-4-7(3)12-10(8)13(16)17/h4-6,9H,1-3H3,(H,14,15). The van der Waals surface area contributed by atoms with Crippen molar-refractivity contribution in [3.05, 3.63) is 27.9 Å². The van der Waals surface area contributed by atoms with Crippen LogP contribution in [0.4, 0.5) is 5.82 Å². The van der Waals surface area contributed by atoms with Crippen LogP contribution in [0.5, 0.6) is 5.75 Å². The quantitative estimate of drug-likeness (QED) is 0.634. The molecule has 1 unspecified atom stereocenters. The van der Waals surface area contributed by atoms with Gasteiger partial charge in [-0.1, -0.05) is 13.8 Å². The molecule has 0 aliphatic carbocycles. The minimum absolute atomic E-state index is 0.133. The third-order valence-electron chi connectivity index (χ3n) is 2.25. The number of rotatable bonds is 5. The summed E-state index contributed by atoms with van der Waals surface area (Å²) in [6.07, 6.45) is -1.15. The molecule has 0 radical (unpaired) electrons. The third-order valence-corrected chi connectivity index (χ3v) is 2.25. The molecule has 7 nitrogen and oxygen atoms in total. The zero-order valence-electron chi connectivity index (χ0n) is 10.3. The maximum atomic E-state index is 11.0. The number of carboxylic acids is 1. The lowest BCUT2D eigenvalue weighted by atomic mass is 10.1. The molecule has 1 aromatic rings. The molecule has 0 saturated carbocycles. The first-order chi connectivity index (χ1) is 8.32. The van der Waals surface area contributed by atoms with Crippen LogP contribution in [-0.4, -0.2) is 27.1 Å². The number of ether oxygens (including phenoxy) is 1. The molecule has 98 valence electrons. The van der Waals surface area contributed by atoms with Crippen LogP contribution in [0.15, 0.2) is 12.1 Å². The first kappa shape index (κ1) is 13.9. The SMILES string of the molecule is Cc1ccc(OC(C(=O)O)C(C)C)c([N+](=O)[O-])n1. The first-order valence-electron chi connectivity index (χ1n) is 5.34. The molecule has 0 fully saturated rings. The molecular formula is C11H14N2O5. The first-order valence-corrected chi connectivity index (χ1v) is 5.34. The Morgan fingerprint density at radius 3 is 2.56 bits per heavy atom. The maximum Gasteiger partial charge on any atom is 0.406 e. The van der Waals surface area contributed by atoms with E-state index in [4.69, 9.17) is 9.84 Å². The molecule has 7 heteroatoms. The number of carbonyl (C=O) groups is 1. The fourth-order valence-corrected chi connectivity index (χ4v) is 1.36. The Kier molecular flexibility index (Phi) is 4.19. The van der Waals surface area contributed by atoms with Gasteiger partial charge in [0.25, 0.3) is 0 Å². The minimum atomic E-state index is -1.17. The highest BCUT2D eigenvalue weighted by atomic mass is 16.6. The van der Waals surface area contributed by atoms with Gasteiger partial charge in [-0.3, -0.25) is 0 Å². The Morgan fingerprint density at radius 1 is 1.50 bits per heavy atom. The van der Waals surface area contributed by atoms with Gasteiger partial charge in [0.1, 0.15) is 5.69 Å².